The van der Waals surface area contributed by atoms with Gasteiger partial charge in [-0.1, -0.05) is 24.3 Å². The van der Waals surface area contributed by atoms with Crippen molar-refractivity contribution >= 4 is 45.4 Å². The van der Waals surface area contributed by atoms with Crippen molar-refractivity contribution in [2.24, 2.45) is 0 Å². The number of anilines is 2. The Labute approximate surface area is 165 Å². The molecule has 0 aliphatic carbocycles. The van der Waals surface area contributed by atoms with Crippen LogP contribution >= 0.6 is 11.3 Å². The molecule has 0 atom stereocenters. The minimum atomic E-state index is -0.236. The molecule has 2 aromatic carbocycles. The van der Waals surface area contributed by atoms with Crippen LogP contribution in [-0.2, 0) is 4.79 Å². The lowest BCUT2D eigenvalue weighted by molar-refractivity contribution is -0.114. The number of hydrogen-bond acceptors (Lipinski definition) is 5. The topological polar surface area (TPSA) is 84.0 Å². The summed E-state index contributed by atoms with van der Waals surface area (Å²) in [4.78, 5) is 32.2. The summed E-state index contributed by atoms with van der Waals surface area (Å²) < 4.78 is 0. The summed E-state index contributed by atoms with van der Waals surface area (Å²) in [6.07, 6.45) is 3.32. The van der Waals surface area contributed by atoms with E-state index >= 15 is 0 Å². The second-order valence-electron chi connectivity index (χ2n) is 6.11. The molecule has 2 amide bonds. The summed E-state index contributed by atoms with van der Waals surface area (Å²) >= 11 is 1.29. The third-order valence-corrected chi connectivity index (χ3v) is 4.91. The number of pyridine rings is 1. The minimum absolute atomic E-state index is 0.147. The number of fused-ring (bicyclic) bond motifs is 1. The van der Waals surface area contributed by atoms with Crippen molar-refractivity contribution in [1.29, 1.82) is 0 Å². The molecule has 0 spiro atoms. The van der Waals surface area contributed by atoms with Gasteiger partial charge in [0.2, 0.25) is 5.91 Å². The van der Waals surface area contributed by atoms with Crippen molar-refractivity contribution in [2.45, 2.75) is 6.92 Å². The maximum Gasteiger partial charge on any atom is 0.284 e. The van der Waals surface area contributed by atoms with Crippen LogP contribution in [0.25, 0.3) is 22.0 Å². The van der Waals surface area contributed by atoms with Crippen LogP contribution in [0, 0.1) is 0 Å². The molecule has 0 aliphatic rings. The van der Waals surface area contributed by atoms with Crippen LogP contribution in [-0.4, -0.2) is 21.8 Å². The van der Waals surface area contributed by atoms with Crippen molar-refractivity contribution in [2.75, 3.05) is 10.6 Å². The Hall–Kier alpha value is -3.58. The van der Waals surface area contributed by atoms with Gasteiger partial charge in [0.1, 0.15) is 0 Å². The second kappa shape index (κ2) is 7.58. The van der Waals surface area contributed by atoms with E-state index in [-0.39, 0.29) is 11.8 Å². The van der Waals surface area contributed by atoms with Gasteiger partial charge in [-0.25, -0.2) is 4.98 Å². The lowest BCUT2D eigenvalue weighted by atomic mass is 10.0. The van der Waals surface area contributed by atoms with Gasteiger partial charge in [-0.3, -0.25) is 14.6 Å². The highest BCUT2D eigenvalue weighted by Gasteiger charge is 2.11. The van der Waals surface area contributed by atoms with Crippen molar-refractivity contribution in [1.82, 2.24) is 9.97 Å². The quantitative estimate of drug-likeness (QED) is 0.536. The number of benzene rings is 2. The van der Waals surface area contributed by atoms with Gasteiger partial charge in [-0.2, -0.15) is 0 Å². The molecule has 4 aromatic rings. The number of nitrogens with zero attached hydrogens (tertiary/aromatic N) is 2. The van der Waals surface area contributed by atoms with Crippen LogP contribution in [0.3, 0.4) is 0 Å². The molecule has 138 valence electrons. The van der Waals surface area contributed by atoms with Crippen LogP contribution in [0.2, 0.25) is 0 Å². The number of hydrogen-bond donors (Lipinski definition) is 2. The van der Waals surface area contributed by atoms with E-state index in [9.17, 15) is 9.59 Å². The minimum Gasteiger partial charge on any atom is -0.324 e. The van der Waals surface area contributed by atoms with Crippen molar-refractivity contribution in [3.05, 3.63) is 71.3 Å². The SMILES string of the molecule is CC(=O)Nc1cccc2c(-c3cccc(NC(=O)c4nccs4)c3)ccnc12. The molecule has 2 heterocycles. The van der Waals surface area contributed by atoms with Crippen LogP contribution in [0.5, 0.6) is 0 Å². The Kier molecular flexibility index (Phi) is 4.82. The molecular formula is C21H16N4O2S. The van der Waals surface area contributed by atoms with Crippen LogP contribution in [0.4, 0.5) is 11.4 Å². The van der Waals surface area contributed by atoms with E-state index in [0.29, 0.717) is 21.9 Å². The maximum absolute atomic E-state index is 12.3. The summed E-state index contributed by atoms with van der Waals surface area (Å²) in [5.74, 6) is -0.383. The van der Waals surface area contributed by atoms with E-state index in [1.165, 1.54) is 18.3 Å². The van der Waals surface area contributed by atoms with E-state index in [1.54, 1.807) is 17.8 Å². The Bertz CT molecular complexity index is 1170. The highest BCUT2D eigenvalue weighted by atomic mass is 32.1. The number of thiazole rings is 1. The summed E-state index contributed by atoms with van der Waals surface area (Å²) in [5.41, 5.74) is 3.96. The Morgan fingerprint density at radius 2 is 1.82 bits per heavy atom. The van der Waals surface area contributed by atoms with Gasteiger partial charge >= 0.3 is 0 Å². The zero-order valence-corrected chi connectivity index (χ0v) is 15.8. The monoisotopic (exact) mass is 388 g/mol. The summed E-state index contributed by atoms with van der Waals surface area (Å²) in [7, 11) is 0. The van der Waals surface area contributed by atoms with E-state index in [0.717, 1.165) is 16.5 Å². The van der Waals surface area contributed by atoms with E-state index in [4.69, 9.17) is 0 Å². The first-order valence-corrected chi connectivity index (χ1v) is 9.46. The molecular weight excluding hydrogens is 372 g/mol. The largest absolute Gasteiger partial charge is 0.324 e. The van der Waals surface area contributed by atoms with Crippen LogP contribution < -0.4 is 10.6 Å². The van der Waals surface area contributed by atoms with Crippen LogP contribution in [0.1, 0.15) is 16.7 Å². The first-order chi connectivity index (χ1) is 13.6. The number of carbonyl (C=O) groups excluding carboxylic acids is 2. The standard InChI is InChI=1S/C21H16N4O2S/c1-13(26)24-18-7-3-6-17-16(8-9-22-19(17)18)14-4-2-5-15(12-14)25-20(27)21-23-10-11-28-21/h2-12H,1H3,(H,24,26)(H,25,27). The highest BCUT2D eigenvalue weighted by molar-refractivity contribution is 7.11. The van der Waals surface area contributed by atoms with E-state index < -0.39 is 0 Å². The molecule has 0 saturated carbocycles. The lowest BCUT2D eigenvalue weighted by Crippen LogP contribution is -2.11. The van der Waals surface area contributed by atoms with Gasteiger partial charge in [-0.05, 0) is 35.4 Å². The Balaban J connectivity index is 1.72. The third kappa shape index (κ3) is 3.60. The zero-order valence-electron chi connectivity index (χ0n) is 15.0. The fourth-order valence-corrected chi connectivity index (χ4v) is 3.53. The van der Waals surface area contributed by atoms with E-state index in [2.05, 4.69) is 20.6 Å². The average Bonchev–Trinajstić information content (AvgIpc) is 3.23. The van der Waals surface area contributed by atoms with Gasteiger partial charge in [0.05, 0.1) is 11.2 Å². The normalized spacial score (nSPS) is 10.6. The molecule has 6 nitrogen and oxygen atoms in total. The number of para-hydroxylation sites is 1. The Morgan fingerprint density at radius 3 is 2.61 bits per heavy atom. The lowest BCUT2D eigenvalue weighted by Gasteiger charge is -2.11. The van der Waals surface area contributed by atoms with Crippen molar-refractivity contribution < 1.29 is 9.59 Å². The van der Waals surface area contributed by atoms with Gasteiger partial charge in [0.15, 0.2) is 5.01 Å². The molecule has 4 rings (SSSR count). The summed E-state index contributed by atoms with van der Waals surface area (Å²) in [6, 6.07) is 15.2. The molecule has 0 radical (unpaired) electrons. The molecule has 0 unspecified atom stereocenters. The van der Waals surface area contributed by atoms with Crippen molar-refractivity contribution in [3.63, 3.8) is 0 Å². The average molecular weight is 388 g/mol. The molecule has 0 saturated heterocycles. The molecule has 7 heteroatoms. The number of amides is 2. The van der Waals surface area contributed by atoms with E-state index in [1.807, 2.05) is 48.5 Å². The number of aromatic nitrogens is 2. The van der Waals surface area contributed by atoms with Crippen LogP contribution in [0.15, 0.2) is 66.3 Å². The Morgan fingerprint density at radius 1 is 0.964 bits per heavy atom. The molecule has 2 aromatic heterocycles. The fourth-order valence-electron chi connectivity index (χ4n) is 3.00. The molecule has 0 fully saturated rings. The van der Waals surface area contributed by atoms with Crippen molar-refractivity contribution in [3.8, 4) is 11.1 Å². The summed E-state index contributed by atoms with van der Waals surface area (Å²) in [6.45, 7) is 1.47. The molecule has 28 heavy (non-hydrogen) atoms. The predicted octanol–water partition coefficient (Wildman–Crippen LogP) is 4.57. The predicted molar refractivity (Wildman–Crippen MR) is 112 cm³/mol. The summed E-state index contributed by atoms with van der Waals surface area (Å²) in [5, 5.41) is 8.79. The smallest absolute Gasteiger partial charge is 0.284 e. The van der Waals surface area contributed by atoms with Gasteiger partial charge in [-0.15, -0.1) is 11.3 Å². The molecule has 0 aliphatic heterocycles. The second-order valence-corrected chi connectivity index (χ2v) is 7.01. The first-order valence-electron chi connectivity index (χ1n) is 8.58. The zero-order chi connectivity index (χ0) is 19.5. The maximum atomic E-state index is 12.3. The number of rotatable bonds is 4. The fraction of sp³-hybridized carbons (Fsp3) is 0.0476. The number of nitrogens with one attached hydrogen (secondary N) is 2. The van der Waals surface area contributed by atoms with Gasteiger partial charge in [0.25, 0.3) is 5.91 Å². The molecule has 2 N–H and O–H groups in total. The molecule has 0 bridgehead atoms. The third-order valence-electron chi connectivity index (χ3n) is 4.14. The first kappa shape index (κ1) is 17.8. The van der Waals surface area contributed by atoms with Gasteiger partial charge < -0.3 is 10.6 Å². The highest BCUT2D eigenvalue weighted by Crippen LogP contribution is 2.32. The number of carbonyl (C=O) groups is 2. The van der Waals surface area contributed by atoms with Gasteiger partial charge in [0, 0.05) is 35.8 Å².